The first-order chi connectivity index (χ1) is 14.7. The molecule has 4 heterocycles. The average molecular weight is 432 g/mol. The quantitative estimate of drug-likeness (QED) is 0.686. The molecular formula is C22H26F2N4O3. The van der Waals surface area contributed by atoms with Gasteiger partial charge >= 0.3 is 0 Å². The Balaban J connectivity index is 1.45. The largest absolute Gasteiger partial charge is 0.342 e. The highest BCUT2D eigenvalue weighted by Crippen LogP contribution is 2.44. The van der Waals surface area contributed by atoms with Crippen LogP contribution in [0.3, 0.4) is 0 Å². The van der Waals surface area contributed by atoms with Crippen molar-refractivity contribution in [1.82, 2.24) is 19.6 Å². The number of amides is 2. The van der Waals surface area contributed by atoms with Crippen LogP contribution in [0.4, 0.5) is 8.78 Å². The molecule has 31 heavy (non-hydrogen) atoms. The maximum Gasteiger partial charge on any atom is 0.272 e. The molecule has 0 unspecified atom stereocenters. The number of likely N-dealkylation sites (tertiary alicyclic amines) is 1. The Hall–Kier alpha value is -2.81. The fourth-order valence-corrected chi connectivity index (χ4v) is 4.73. The number of hydrogen-bond acceptors (Lipinski definition) is 4. The van der Waals surface area contributed by atoms with Crippen molar-refractivity contribution in [1.29, 1.82) is 0 Å². The molecule has 0 bridgehead atoms. The molecule has 0 aromatic carbocycles. The number of carbonyl (C=O) groups is 2. The van der Waals surface area contributed by atoms with Gasteiger partial charge in [0.25, 0.3) is 11.8 Å². The molecule has 3 saturated heterocycles. The molecule has 0 aliphatic carbocycles. The highest BCUT2D eigenvalue weighted by atomic mass is 19.1. The van der Waals surface area contributed by atoms with Crippen LogP contribution in [0.25, 0.3) is 0 Å². The van der Waals surface area contributed by atoms with E-state index in [1.165, 1.54) is 10.8 Å². The minimum absolute atomic E-state index is 0.121. The standard InChI is InChI=1S/C22H26F2N4O3/c1-14(12-16(24)13-15(2)23)17-4-5-19-28(17)21(30)22(31-19)7-10-27(11-8-22)20(29)18-6-9-25-26(18)3/h6,9,12-13,17,19H,1,4-5,7-8,10-11H2,2-3H3/b15-13+,16-12+/t17-,19+/m0/s1. The predicted octanol–water partition coefficient (Wildman–Crippen LogP) is 3.03. The molecular weight excluding hydrogens is 406 g/mol. The van der Waals surface area contributed by atoms with E-state index < -0.39 is 17.3 Å². The third-order valence-corrected chi connectivity index (χ3v) is 6.31. The van der Waals surface area contributed by atoms with Crippen LogP contribution in [0, 0.1) is 0 Å². The molecule has 0 saturated carbocycles. The summed E-state index contributed by atoms with van der Waals surface area (Å²) in [6.45, 7) is 5.87. The van der Waals surface area contributed by atoms with E-state index in [0.717, 1.165) is 13.0 Å². The van der Waals surface area contributed by atoms with Gasteiger partial charge in [0, 0.05) is 45.3 Å². The molecule has 0 N–H and O–H groups in total. The second-order valence-corrected chi connectivity index (χ2v) is 8.34. The average Bonchev–Trinajstić information content (AvgIpc) is 3.38. The minimum atomic E-state index is -0.968. The summed E-state index contributed by atoms with van der Waals surface area (Å²) < 4.78 is 34.6. The summed E-state index contributed by atoms with van der Waals surface area (Å²) >= 11 is 0. The van der Waals surface area contributed by atoms with Gasteiger partial charge in [-0.1, -0.05) is 6.58 Å². The van der Waals surface area contributed by atoms with Gasteiger partial charge in [0.1, 0.15) is 17.7 Å². The topological polar surface area (TPSA) is 67.7 Å². The Morgan fingerprint density at radius 1 is 1.29 bits per heavy atom. The van der Waals surface area contributed by atoms with Gasteiger partial charge in [0.2, 0.25) is 0 Å². The molecule has 1 spiro atoms. The van der Waals surface area contributed by atoms with Crippen LogP contribution in [0.2, 0.25) is 0 Å². The van der Waals surface area contributed by atoms with Gasteiger partial charge < -0.3 is 14.5 Å². The predicted molar refractivity (Wildman–Crippen MR) is 109 cm³/mol. The van der Waals surface area contributed by atoms with Gasteiger partial charge in [-0.25, -0.2) is 8.78 Å². The molecule has 3 aliphatic rings. The van der Waals surface area contributed by atoms with E-state index in [2.05, 4.69) is 11.7 Å². The zero-order valence-corrected chi connectivity index (χ0v) is 17.7. The van der Waals surface area contributed by atoms with Crippen LogP contribution in [0.5, 0.6) is 0 Å². The molecule has 9 heteroatoms. The number of halogens is 2. The first kappa shape index (κ1) is 21.4. The lowest BCUT2D eigenvalue weighted by Gasteiger charge is -2.37. The smallest absolute Gasteiger partial charge is 0.272 e. The SMILES string of the molecule is C=C(/C=C(F)\C=C(/C)F)[C@@H]1CC[C@H]2OC3(CCN(C(=O)c4ccnn4C)CC3)C(=O)N21. The van der Waals surface area contributed by atoms with E-state index >= 15 is 0 Å². The number of aromatic nitrogens is 2. The van der Waals surface area contributed by atoms with E-state index in [4.69, 9.17) is 4.74 Å². The lowest BCUT2D eigenvalue weighted by Crippen LogP contribution is -2.52. The number of aryl methyl sites for hydroxylation is 1. The van der Waals surface area contributed by atoms with Crippen molar-refractivity contribution >= 4 is 11.8 Å². The second kappa shape index (κ2) is 8.03. The summed E-state index contributed by atoms with van der Waals surface area (Å²) in [5.74, 6) is -1.64. The first-order valence-corrected chi connectivity index (χ1v) is 10.4. The highest BCUT2D eigenvalue weighted by molar-refractivity contribution is 5.93. The van der Waals surface area contributed by atoms with Gasteiger partial charge in [-0.3, -0.25) is 14.3 Å². The number of fused-ring (bicyclic) bond motifs is 1. The maximum atomic E-state index is 13.9. The van der Waals surface area contributed by atoms with Crippen molar-refractivity contribution < 1.29 is 23.1 Å². The third-order valence-electron chi connectivity index (χ3n) is 6.31. The molecule has 3 fully saturated rings. The number of nitrogens with zero attached hydrogens (tertiary/aromatic N) is 4. The molecule has 4 rings (SSSR count). The minimum Gasteiger partial charge on any atom is -0.342 e. The third kappa shape index (κ3) is 3.82. The Morgan fingerprint density at radius 2 is 2.00 bits per heavy atom. The fourth-order valence-electron chi connectivity index (χ4n) is 4.73. The Bertz CT molecular complexity index is 971. The second-order valence-electron chi connectivity index (χ2n) is 8.34. The summed E-state index contributed by atoms with van der Waals surface area (Å²) in [6.07, 6.45) is 5.18. The van der Waals surface area contributed by atoms with E-state index in [-0.39, 0.29) is 24.1 Å². The summed E-state index contributed by atoms with van der Waals surface area (Å²) in [4.78, 5) is 29.4. The molecule has 2 amide bonds. The zero-order chi connectivity index (χ0) is 22.3. The van der Waals surface area contributed by atoms with Crippen molar-refractivity contribution in [3.05, 3.63) is 53.9 Å². The van der Waals surface area contributed by atoms with Crippen molar-refractivity contribution in [2.45, 2.75) is 50.5 Å². The van der Waals surface area contributed by atoms with Crippen LogP contribution in [-0.4, -0.2) is 62.4 Å². The zero-order valence-electron chi connectivity index (χ0n) is 17.7. The Labute approximate surface area is 179 Å². The molecule has 7 nitrogen and oxygen atoms in total. The number of rotatable bonds is 4. The van der Waals surface area contributed by atoms with Crippen LogP contribution in [0.1, 0.15) is 43.1 Å². The first-order valence-electron chi connectivity index (χ1n) is 10.4. The summed E-state index contributed by atoms with van der Waals surface area (Å²) in [7, 11) is 1.71. The van der Waals surface area contributed by atoms with Crippen LogP contribution in [-0.2, 0) is 16.6 Å². The molecule has 2 atom stereocenters. The molecule has 1 aromatic rings. The van der Waals surface area contributed by atoms with Crippen molar-refractivity contribution in [3.63, 3.8) is 0 Å². The van der Waals surface area contributed by atoms with Crippen LogP contribution in [0.15, 0.2) is 48.2 Å². The number of ether oxygens (including phenoxy) is 1. The van der Waals surface area contributed by atoms with Crippen molar-refractivity contribution in [2.75, 3.05) is 13.1 Å². The van der Waals surface area contributed by atoms with Crippen LogP contribution >= 0.6 is 0 Å². The number of carbonyl (C=O) groups excluding carboxylic acids is 2. The Kier molecular flexibility index (Phi) is 5.55. The number of piperidine rings is 1. The lowest BCUT2D eigenvalue weighted by molar-refractivity contribution is -0.142. The summed E-state index contributed by atoms with van der Waals surface area (Å²) in [5.41, 5.74) is -0.0573. The number of allylic oxidation sites excluding steroid dienone is 3. The van der Waals surface area contributed by atoms with E-state index in [0.29, 0.717) is 50.0 Å². The van der Waals surface area contributed by atoms with Gasteiger partial charge in [-0.2, -0.15) is 5.10 Å². The van der Waals surface area contributed by atoms with Gasteiger partial charge in [-0.15, -0.1) is 0 Å². The monoisotopic (exact) mass is 432 g/mol. The Morgan fingerprint density at radius 3 is 2.61 bits per heavy atom. The normalized spacial score (nSPS) is 26.0. The molecule has 0 radical (unpaired) electrons. The van der Waals surface area contributed by atoms with E-state index in [1.54, 1.807) is 29.1 Å². The summed E-state index contributed by atoms with van der Waals surface area (Å²) in [6, 6.07) is 1.28. The highest BCUT2D eigenvalue weighted by Gasteiger charge is 2.58. The number of hydrogen-bond donors (Lipinski definition) is 0. The fraction of sp³-hybridized carbons (Fsp3) is 0.500. The van der Waals surface area contributed by atoms with Crippen molar-refractivity contribution in [3.8, 4) is 0 Å². The van der Waals surface area contributed by atoms with E-state index in [9.17, 15) is 18.4 Å². The van der Waals surface area contributed by atoms with Crippen LogP contribution < -0.4 is 0 Å². The van der Waals surface area contributed by atoms with Crippen molar-refractivity contribution in [2.24, 2.45) is 7.05 Å². The summed E-state index contributed by atoms with van der Waals surface area (Å²) in [5, 5.41) is 4.03. The van der Waals surface area contributed by atoms with Gasteiger partial charge in [-0.05, 0) is 37.5 Å². The molecule has 1 aromatic heterocycles. The molecule has 3 aliphatic heterocycles. The van der Waals surface area contributed by atoms with E-state index in [1.807, 2.05) is 0 Å². The maximum absolute atomic E-state index is 13.9. The van der Waals surface area contributed by atoms with Gasteiger partial charge in [0.15, 0.2) is 5.60 Å². The molecule has 166 valence electrons. The van der Waals surface area contributed by atoms with Gasteiger partial charge in [0.05, 0.1) is 11.9 Å². The lowest BCUT2D eigenvalue weighted by atomic mass is 9.89.